The summed E-state index contributed by atoms with van der Waals surface area (Å²) in [6.45, 7) is 4.94. The van der Waals surface area contributed by atoms with Gasteiger partial charge >= 0.3 is 0 Å². The Morgan fingerprint density at radius 2 is 1.89 bits per heavy atom. The summed E-state index contributed by atoms with van der Waals surface area (Å²) in [4.78, 5) is 25.8. The molecule has 2 fully saturated rings. The van der Waals surface area contributed by atoms with Gasteiger partial charge in [0.2, 0.25) is 11.8 Å². The van der Waals surface area contributed by atoms with Gasteiger partial charge in [0.15, 0.2) is 0 Å². The first kappa shape index (κ1) is 14.4. The van der Waals surface area contributed by atoms with E-state index in [1.54, 1.807) is 0 Å². The molecule has 0 aromatic rings. The number of amides is 2. The quantitative estimate of drug-likeness (QED) is 0.845. The van der Waals surface area contributed by atoms with Crippen molar-refractivity contribution >= 4 is 11.8 Å². The van der Waals surface area contributed by atoms with Gasteiger partial charge in [0.1, 0.15) is 6.04 Å². The topological polar surface area (TPSA) is 49.4 Å². The Morgan fingerprint density at radius 3 is 2.53 bits per heavy atom. The number of piperazine rings is 1. The monoisotopic (exact) mass is 266 g/mol. The zero-order chi connectivity index (χ0) is 13.8. The van der Waals surface area contributed by atoms with E-state index in [-0.39, 0.29) is 30.3 Å². The molecule has 1 unspecified atom stereocenters. The predicted octanol–water partition coefficient (Wildman–Crippen LogP) is 1.94. The Labute approximate surface area is 115 Å². The van der Waals surface area contributed by atoms with Gasteiger partial charge in [-0.05, 0) is 18.3 Å². The minimum absolute atomic E-state index is 0.0123. The first-order valence-electron chi connectivity index (χ1n) is 7.66. The molecule has 0 spiro atoms. The molecule has 0 bridgehead atoms. The Balaban J connectivity index is 1.94. The van der Waals surface area contributed by atoms with E-state index in [1.165, 1.54) is 32.1 Å². The van der Waals surface area contributed by atoms with Crippen molar-refractivity contribution in [3.8, 4) is 0 Å². The van der Waals surface area contributed by atoms with E-state index in [0.29, 0.717) is 0 Å². The molecule has 4 heteroatoms. The van der Waals surface area contributed by atoms with Gasteiger partial charge in [0.25, 0.3) is 0 Å². The van der Waals surface area contributed by atoms with Crippen LogP contribution in [0.2, 0.25) is 0 Å². The molecule has 108 valence electrons. The van der Waals surface area contributed by atoms with Gasteiger partial charge in [-0.3, -0.25) is 9.59 Å². The average Bonchev–Trinajstić information content (AvgIpc) is 2.40. The maximum Gasteiger partial charge on any atom is 0.243 e. The van der Waals surface area contributed by atoms with E-state index < -0.39 is 0 Å². The maximum absolute atomic E-state index is 12.0. The third-order valence-electron chi connectivity index (χ3n) is 4.47. The van der Waals surface area contributed by atoms with Crippen molar-refractivity contribution in [3.63, 3.8) is 0 Å². The van der Waals surface area contributed by atoms with Crippen LogP contribution in [0.15, 0.2) is 0 Å². The molecular formula is C15H26N2O2. The number of carbonyl (C=O) groups is 2. The molecule has 1 heterocycles. The molecule has 0 aromatic heterocycles. The van der Waals surface area contributed by atoms with Crippen LogP contribution in [-0.2, 0) is 9.59 Å². The molecule has 1 saturated carbocycles. The summed E-state index contributed by atoms with van der Waals surface area (Å²) in [6.07, 6.45) is 7.65. The van der Waals surface area contributed by atoms with Gasteiger partial charge in [-0.15, -0.1) is 0 Å². The largest absolute Gasteiger partial charge is 0.345 e. The number of hydrogen-bond donors (Lipinski definition) is 1. The van der Waals surface area contributed by atoms with Crippen molar-refractivity contribution in [2.24, 2.45) is 11.8 Å². The lowest BCUT2D eigenvalue weighted by atomic mass is 9.86. The van der Waals surface area contributed by atoms with Crippen LogP contribution < -0.4 is 5.32 Å². The molecular weight excluding hydrogens is 240 g/mol. The van der Waals surface area contributed by atoms with E-state index in [9.17, 15) is 9.59 Å². The average molecular weight is 266 g/mol. The number of nitrogens with one attached hydrogen (secondary N) is 1. The molecule has 2 rings (SSSR count). The van der Waals surface area contributed by atoms with Crippen molar-refractivity contribution in [3.05, 3.63) is 0 Å². The van der Waals surface area contributed by atoms with E-state index >= 15 is 0 Å². The SMILES string of the molecule is CC(C)C1C(=O)NCC(=O)N1CCC1CCCCC1. The van der Waals surface area contributed by atoms with Crippen molar-refractivity contribution < 1.29 is 9.59 Å². The Hall–Kier alpha value is -1.06. The van der Waals surface area contributed by atoms with E-state index in [1.807, 2.05) is 18.7 Å². The van der Waals surface area contributed by atoms with Crippen LogP contribution in [0, 0.1) is 11.8 Å². The summed E-state index contributed by atoms with van der Waals surface area (Å²) in [5.74, 6) is 1.02. The van der Waals surface area contributed by atoms with Gasteiger partial charge in [-0.2, -0.15) is 0 Å². The summed E-state index contributed by atoms with van der Waals surface area (Å²) in [6, 6.07) is -0.273. The minimum Gasteiger partial charge on any atom is -0.345 e. The highest BCUT2D eigenvalue weighted by Gasteiger charge is 2.36. The molecule has 1 N–H and O–H groups in total. The summed E-state index contributed by atoms with van der Waals surface area (Å²) in [7, 11) is 0. The van der Waals surface area contributed by atoms with Gasteiger partial charge in [-0.1, -0.05) is 46.0 Å². The molecule has 2 amide bonds. The highest BCUT2D eigenvalue weighted by molar-refractivity contribution is 5.94. The maximum atomic E-state index is 12.0. The number of rotatable bonds is 4. The molecule has 19 heavy (non-hydrogen) atoms. The van der Waals surface area contributed by atoms with E-state index in [2.05, 4.69) is 5.32 Å². The molecule has 1 atom stereocenters. The van der Waals surface area contributed by atoms with Crippen molar-refractivity contribution in [1.82, 2.24) is 10.2 Å². The van der Waals surface area contributed by atoms with Crippen LogP contribution in [-0.4, -0.2) is 35.8 Å². The fourth-order valence-electron chi connectivity index (χ4n) is 3.39. The van der Waals surface area contributed by atoms with Crippen molar-refractivity contribution in [2.45, 2.75) is 58.4 Å². The van der Waals surface area contributed by atoms with Crippen LogP contribution in [0.1, 0.15) is 52.4 Å². The molecule has 0 radical (unpaired) electrons. The first-order chi connectivity index (χ1) is 9.09. The molecule has 2 aliphatic rings. The normalized spacial score (nSPS) is 25.8. The third kappa shape index (κ3) is 3.48. The second-order valence-corrected chi connectivity index (χ2v) is 6.29. The molecule has 1 saturated heterocycles. The fourth-order valence-corrected chi connectivity index (χ4v) is 3.39. The molecule has 1 aliphatic heterocycles. The smallest absolute Gasteiger partial charge is 0.243 e. The van der Waals surface area contributed by atoms with E-state index in [4.69, 9.17) is 0 Å². The summed E-state index contributed by atoms with van der Waals surface area (Å²) in [5, 5.41) is 2.70. The standard InChI is InChI=1S/C15H26N2O2/c1-11(2)14-15(19)16-10-13(18)17(14)9-8-12-6-4-3-5-7-12/h11-12,14H,3-10H2,1-2H3,(H,16,19). The molecule has 1 aliphatic carbocycles. The second-order valence-electron chi connectivity index (χ2n) is 6.29. The predicted molar refractivity (Wildman–Crippen MR) is 74.5 cm³/mol. The molecule has 4 nitrogen and oxygen atoms in total. The number of carbonyl (C=O) groups excluding carboxylic acids is 2. The summed E-state index contributed by atoms with van der Waals surface area (Å²) < 4.78 is 0. The van der Waals surface area contributed by atoms with Gasteiger partial charge in [0.05, 0.1) is 6.54 Å². The lowest BCUT2D eigenvalue weighted by Gasteiger charge is -2.38. The third-order valence-corrected chi connectivity index (χ3v) is 4.47. The van der Waals surface area contributed by atoms with Crippen LogP contribution in [0.4, 0.5) is 0 Å². The minimum atomic E-state index is -0.273. The summed E-state index contributed by atoms with van der Waals surface area (Å²) >= 11 is 0. The van der Waals surface area contributed by atoms with Crippen LogP contribution in [0.3, 0.4) is 0 Å². The van der Waals surface area contributed by atoms with Gasteiger partial charge in [0, 0.05) is 6.54 Å². The zero-order valence-corrected chi connectivity index (χ0v) is 12.2. The van der Waals surface area contributed by atoms with Crippen molar-refractivity contribution in [1.29, 1.82) is 0 Å². The Morgan fingerprint density at radius 1 is 1.21 bits per heavy atom. The van der Waals surface area contributed by atoms with Crippen molar-refractivity contribution in [2.75, 3.05) is 13.1 Å². The lowest BCUT2D eigenvalue weighted by Crippen LogP contribution is -2.60. The van der Waals surface area contributed by atoms with Gasteiger partial charge < -0.3 is 10.2 Å². The highest BCUT2D eigenvalue weighted by Crippen LogP contribution is 2.27. The molecule has 0 aromatic carbocycles. The zero-order valence-electron chi connectivity index (χ0n) is 12.2. The number of nitrogens with zero attached hydrogens (tertiary/aromatic N) is 1. The van der Waals surface area contributed by atoms with E-state index in [0.717, 1.165) is 18.9 Å². The van der Waals surface area contributed by atoms with Crippen LogP contribution >= 0.6 is 0 Å². The highest BCUT2D eigenvalue weighted by atomic mass is 16.2. The second kappa shape index (κ2) is 6.40. The van der Waals surface area contributed by atoms with Gasteiger partial charge in [-0.25, -0.2) is 0 Å². The van der Waals surface area contributed by atoms with Crippen LogP contribution in [0.5, 0.6) is 0 Å². The lowest BCUT2D eigenvalue weighted by molar-refractivity contribution is -0.147. The summed E-state index contributed by atoms with van der Waals surface area (Å²) in [5.41, 5.74) is 0. The first-order valence-corrected chi connectivity index (χ1v) is 7.66. The fraction of sp³-hybridized carbons (Fsp3) is 0.867. The Kier molecular flexibility index (Phi) is 4.83. The van der Waals surface area contributed by atoms with Crippen LogP contribution in [0.25, 0.3) is 0 Å². The number of hydrogen-bond acceptors (Lipinski definition) is 2. The Bertz CT molecular complexity index is 335.